The Bertz CT molecular complexity index is 1530. The largest absolute Gasteiger partial charge is 0.349 e. The molecule has 250 valence electrons. The van der Waals surface area contributed by atoms with Gasteiger partial charge in [-0.25, -0.2) is 0 Å². The van der Waals surface area contributed by atoms with Crippen molar-refractivity contribution < 1.29 is 24.0 Å². The van der Waals surface area contributed by atoms with Gasteiger partial charge in [0.05, 0.1) is 18.3 Å². The van der Waals surface area contributed by atoms with Crippen LogP contribution in [0.5, 0.6) is 0 Å². The number of aromatic nitrogens is 3. The van der Waals surface area contributed by atoms with Gasteiger partial charge in [0.25, 0.3) is 5.91 Å². The highest BCUT2D eigenvalue weighted by atomic mass is 32.2. The van der Waals surface area contributed by atoms with Gasteiger partial charge in [-0.15, -0.1) is 0 Å². The lowest BCUT2D eigenvalue weighted by atomic mass is 10.0. The monoisotopic (exact) mass is 662 g/mol. The van der Waals surface area contributed by atoms with Gasteiger partial charge in [-0.1, -0.05) is 50.2 Å². The number of nitrogens with zero attached hydrogens (tertiary/aromatic N) is 3. The number of amides is 5. The zero-order valence-electron chi connectivity index (χ0n) is 27.0. The lowest BCUT2D eigenvalue weighted by Gasteiger charge is -2.29. The van der Waals surface area contributed by atoms with Gasteiger partial charge in [0.2, 0.25) is 23.6 Å². The molecular weight excluding hydrogens is 620 g/mol. The summed E-state index contributed by atoms with van der Waals surface area (Å²) >= 11 is 1.52. The Kier molecular flexibility index (Phi) is 12.5. The van der Waals surface area contributed by atoms with Gasteiger partial charge < -0.3 is 26.2 Å². The zero-order chi connectivity index (χ0) is 33.9. The minimum absolute atomic E-state index is 0.0552. The molecule has 5 N–H and O–H groups in total. The van der Waals surface area contributed by atoms with Crippen molar-refractivity contribution in [2.45, 2.75) is 57.8 Å². The van der Waals surface area contributed by atoms with E-state index in [0.717, 1.165) is 5.56 Å². The molecule has 1 aromatic carbocycles. The summed E-state index contributed by atoms with van der Waals surface area (Å²) < 4.78 is 0. The van der Waals surface area contributed by atoms with Crippen molar-refractivity contribution in [1.29, 1.82) is 0 Å². The maximum atomic E-state index is 14.0. The van der Waals surface area contributed by atoms with Crippen molar-refractivity contribution in [2.75, 3.05) is 25.1 Å². The predicted molar refractivity (Wildman–Crippen MR) is 179 cm³/mol. The van der Waals surface area contributed by atoms with Gasteiger partial charge >= 0.3 is 0 Å². The summed E-state index contributed by atoms with van der Waals surface area (Å²) in [5.41, 5.74) is 2.03. The van der Waals surface area contributed by atoms with Crippen LogP contribution < -0.4 is 21.3 Å². The van der Waals surface area contributed by atoms with E-state index < -0.39 is 60.2 Å². The summed E-state index contributed by atoms with van der Waals surface area (Å²) in [6, 6.07) is 12.8. The number of carbonyl (C=O) groups is 5. The molecule has 0 spiro atoms. The second kappa shape index (κ2) is 16.7. The number of carbonyl (C=O) groups excluding carboxylic acids is 5. The van der Waals surface area contributed by atoms with E-state index in [-0.39, 0.29) is 18.2 Å². The Morgan fingerprint density at radius 2 is 1.68 bits per heavy atom. The Labute approximate surface area is 278 Å². The van der Waals surface area contributed by atoms with Crippen LogP contribution in [0.25, 0.3) is 11.4 Å². The molecule has 0 unspecified atom stereocenters. The number of aromatic amines is 1. The molecule has 0 bridgehead atoms. The summed E-state index contributed by atoms with van der Waals surface area (Å²) in [6.45, 7) is 4.66. The van der Waals surface area contributed by atoms with Crippen LogP contribution in [0.15, 0.2) is 60.8 Å². The molecule has 1 aliphatic rings. The van der Waals surface area contributed by atoms with E-state index in [9.17, 15) is 24.0 Å². The third-order valence-corrected chi connectivity index (χ3v) is 8.37. The number of pyridine rings is 1. The number of H-pyrrole nitrogens is 1. The van der Waals surface area contributed by atoms with Crippen LogP contribution in [-0.4, -0.2) is 98.9 Å². The predicted octanol–water partition coefficient (Wildman–Crippen LogP) is 1.54. The average molecular weight is 663 g/mol. The van der Waals surface area contributed by atoms with Crippen molar-refractivity contribution in [2.24, 2.45) is 5.92 Å². The minimum atomic E-state index is -0.977. The van der Waals surface area contributed by atoms with E-state index in [2.05, 4.69) is 36.4 Å². The molecule has 0 aliphatic carbocycles. The first-order chi connectivity index (χ1) is 22.5. The fourth-order valence-corrected chi connectivity index (χ4v) is 5.66. The summed E-state index contributed by atoms with van der Waals surface area (Å²) in [7, 11) is 0. The fourth-order valence-electron chi connectivity index (χ4n) is 5.19. The van der Waals surface area contributed by atoms with Crippen molar-refractivity contribution in [3.8, 4) is 11.4 Å². The molecule has 4 atom stereocenters. The topological polar surface area (TPSA) is 178 Å². The highest BCUT2D eigenvalue weighted by Gasteiger charge is 2.33. The summed E-state index contributed by atoms with van der Waals surface area (Å²) in [5.74, 6) is -2.35. The van der Waals surface area contributed by atoms with Crippen LogP contribution >= 0.6 is 11.8 Å². The molecule has 13 nitrogen and oxygen atoms in total. The van der Waals surface area contributed by atoms with E-state index in [1.807, 2.05) is 36.6 Å². The second-order valence-corrected chi connectivity index (χ2v) is 12.8. The third kappa shape index (κ3) is 9.88. The van der Waals surface area contributed by atoms with E-state index in [1.165, 1.54) is 16.7 Å². The molecule has 1 aliphatic heterocycles. The number of rotatable bonds is 8. The first-order valence-electron chi connectivity index (χ1n) is 15.5. The molecule has 3 aromatic rings. The van der Waals surface area contributed by atoms with E-state index in [1.54, 1.807) is 51.2 Å². The number of hydrogen-bond acceptors (Lipinski definition) is 8. The maximum absolute atomic E-state index is 14.0. The zero-order valence-corrected chi connectivity index (χ0v) is 27.8. The van der Waals surface area contributed by atoms with Gasteiger partial charge in [-0.2, -0.15) is 16.9 Å². The van der Waals surface area contributed by atoms with Crippen LogP contribution in [0.1, 0.15) is 43.2 Å². The van der Waals surface area contributed by atoms with E-state index >= 15 is 0 Å². The van der Waals surface area contributed by atoms with Crippen molar-refractivity contribution >= 4 is 41.3 Å². The Balaban J connectivity index is 1.70. The minimum Gasteiger partial charge on any atom is -0.349 e. The number of thioether (sulfide) groups is 1. The van der Waals surface area contributed by atoms with Crippen LogP contribution in [-0.2, 0) is 25.6 Å². The lowest BCUT2D eigenvalue weighted by molar-refractivity contribution is -0.134. The SMILES string of the molecule is CSCC[C@@H]1NC(=O)[C@H](C(C)C)NC(=O)CN(C(=O)c2cc(-c3ccccn3)n[nH]2)C[C@@H](Cc2ccccc2)NC(=O)[C@H](C)NC1=O. The summed E-state index contributed by atoms with van der Waals surface area (Å²) in [6.07, 6.45) is 4.18. The molecule has 0 saturated carbocycles. The summed E-state index contributed by atoms with van der Waals surface area (Å²) in [4.78, 5) is 73.4. The van der Waals surface area contributed by atoms with Crippen molar-refractivity contribution in [1.82, 2.24) is 41.3 Å². The molecule has 1 saturated heterocycles. The fraction of sp³-hybridized carbons (Fsp3) is 0.424. The molecule has 0 radical (unpaired) electrons. The average Bonchev–Trinajstić information content (AvgIpc) is 3.55. The van der Waals surface area contributed by atoms with Crippen LogP contribution in [0.2, 0.25) is 0 Å². The van der Waals surface area contributed by atoms with Crippen molar-refractivity contribution in [3.63, 3.8) is 0 Å². The van der Waals surface area contributed by atoms with Gasteiger partial charge in [0.15, 0.2) is 0 Å². The molecular formula is C33H42N8O5S. The van der Waals surface area contributed by atoms with Gasteiger partial charge in [-0.05, 0) is 61.5 Å². The number of nitrogens with one attached hydrogen (secondary N) is 5. The molecule has 2 aromatic heterocycles. The van der Waals surface area contributed by atoms with E-state index in [0.29, 0.717) is 30.0 Å². The van der Waals surface area contributed by atoms with Gasteiger partial charge in [0.1, 0.15) is 29.5 Å². The van der Waals surface area contributed by atoms with Gasteiger partial charge in [0, 0.05) is 12.7 Å². The standard InChI is InChI=1S/C33H42N8O5S/c1-20(2)29-32(45)37-25(13-15-47-4)31(44)35-21(3)30(43)36-23(16-22-10-6-5-7-11-22)18-41(19-28(42)38-29)33(46)27-17-26(39-40-27)24-12-8-9-14-34-24/h5-12,14,17,20-21,23,25,29H,13,15-16,18-19H2,1-4H3,(H,35,44)(H,36,43)(H,37,45)(H,38,42)(H,39,40)/t21-,23+,25-,29-/m0/s1. The number of hydrogen-bond donors (Lipinski definition) is 5. The highest BCUT2D eigenvalue weighted by molar-refractivity contribution is 7.98. The molecule has 47 heavy (non-hydrogen) atoms. The molecule has 3 heterocycles. The lowest BCUT2D eigenvalue weighted by Crippen LogP contribution is -2.57. The summed E-state index contributed by atoms with van der Waals surface area (Å²) in [5, 5.41) is 18.2. The van der Waals surface area contributed by atoms with Crippen molar-refractivity contribution in [3.05, 3.63) is 72.1 Å². The van der Waals surface area contributed by atoms with Crippen LogP contribution in [0.3, 0.4) is 0 Å². The van der Waals surface area contributed by atoms with Gasteiger partial charge in [-0.3, -0.25) is 34.1 Å². The molecule has 1 fully saturated rings. The first-order valence-corrected chi connectivity index (χ1v) is 16.9. The maximum Gasteiger partial charge on any atom is 0.272 e. The van der Waals surface area contributed by atoms with Crippen LogP contribution in [0.4, 0.5) is 0 Å². The third-order valence-electron chi connectivity index (χ3n) is 7.73. The van der Waals surface area contributed by atoms with Crippen LogP contribution in [0, 0.1) is 5.92 Å². The smallest absolute Gasteiger partial charge is 0.272 e. The quantitative estimate of drug-likeness (QED) is 0.241. The molecule has 5 amide bonds. The Morgan fingerprint density at radius 1 is 0.936 bits per heavy atom. The Hall–Kier alpha value is -4.72. The Morgan fingerprint density at radius 3 is 2.36 bits per heavy atom. The second-order valence-electron chi connectivity index (χ2n) is 11.8. The molecule has 14 heteroatoms. The number of benzene rings is 1. The normalized spacial score (nSPS) is 21.6. The van der Waals surface area contributed by atoms with E-state index in [4.69, 9.17) is 0 Å². The molecule has 4 rings (SSSR count). The first kappa shape index (κ1) is 35.1. The highest BCUT2D eigenvalue weighted by Crippen LogP contribution is 2.17.